The molecule has 0 aromatic heterocycles. The zero-order chi connectivity index (χ0) is 24.9. The number of rotatable bonds is 8. The van der Waals surface area contributed by atoms with E-state index in [1.54, 1.807) is 24.3 Å². The summed E-state index contributed by atoms with van der Waals surface area (Å²) in [6.45, 7) is 1.86. The Hall–Kier alpha value is -3.77. The van der Waals surface area contributed by atoms with Crippen molar-refractivity contribution in [2.75, 3.05) is 7.11 Å². The predicted molar refractivity (Wildman–Crippen MR) is 128 cm³/mol. The molecule has 0 radical (unpaired) electrons. The van der Waals surface area contributed by atoms with Crippen molar-refractivity contribution in [3.8, 4) is 11.5 Å². The van der Waals surface area contributed by atoms with E-state index in [9.17, 15) is 23.3 Å². The van der Waals surface area contributed by atoms with Crippen LogP contribution in [0.4, 0.5) is 5.69 Å². The van der Waals surface area contributed by atoms with Gasteiger partial charge in [-0.3, -0.25) is 14.9 Å². The number of nitro benzene ring substituents is 1. The molecule has 176 valence electrons. The number of methoxy groups -OCH3 is 1. The molecule has 0 aliphatic rings. The highest BCUT2D eigenvalue weighted by Gasteiger charge is 2.21. The van der Waals surface area contributed by atoms with Gasteiger partial charge in [0.05, 0.1) is 23.8 Å². The minimum absolute atomic E-state index is 0.0966. The van der Waals surface area contributed by atoms with Gasteiger partial charge in [-0.1, -0.05) is 28.1 Å². The largest absolute Gasteiger partial charge is 0.496 e. The lowest BCUT2D eigenvalue weighted by molar-refractivity contribution is -0.385. The lowest BCUT2D eigenvalue weighted by Crippen LogP contribution is -2.18. The summed E-state index contributed by atoms with van der Waals surface area (Å²) in [5, 5.41) is 14.9. The van der Waals surface area contributed by atoms with Crippen molar-refractivity contribution in [3.05, 3.63) is 91.9 Å². The summed E-state index contributed by atoms with van der Waals surface area (Å²) in [6.07, 6.45) is 1.21. The molecule has 3 rings (SSSR count). The zero-order valence-electron chi connectivity index (χ0n) is 17.9. The molecule has 0 spiro atoms. The number of nitrogens with zero attached hydrogens (tertiary/aromatic N) is 2. The quantitative estimate of drug-likeness (QED) is 0.193. The van der Waals surface area contributed by atoms with Gasteiger partial charge in [0.1, 0.15) is 10.6 Å². The van der Waals surface area contributed by atoms with Crippen molar-refractivity contribution < 1.29 is 27.1 Å². The molecule has 0 saturated carbocycles. The molecule has 10 nitrogen and oxygen atoms in total. The molecule has 0 fully saturated rings. The second kappa shape index (κ2) is 10.4. The molecule has 0 heterocycles. The Labute approximate surface area is 203 Å². The van der Waals surface area contributed by atoms with Crippen LogP contribution in [0.3, 0.4) is 0 Å². The van der Waals surface area contributed by atoms with E-state index in [0.29, 0.717) is 10.2 Å². The Morgan fingerprint density at radius 3 is 2.59 bits per heavy atom. The molecule has 0 bridgehead atoms. The van der Waals surface area contributed by atoms with Crippen molar-refractivity contribution in [2.45, 2.75) is 11.8 Å². The van der Waals surface area contributed by atoms with E-state index < -0.39 is 26.6 Å². The number of ether oxygens (including phenoxy) is 1. The number of hydrogen-bond acceptors (Lipinski definition) is 8. The summed E-state index contributed by atoms with van der Waals surface area (Å²) in [5.74, 6) is -0.252. The van der Waals surface area contributed by atoms with Gasteiger partial charge < -0.3 is 8.92 Å². The van der Waals surface area contributed by atoms with Crippen molar-refractivity contribution in [1.29, 1.82) is 0 Å². The van der Waals surface area contributed by atoms with Gasteiger partial charge in [-0.15, -0.1) is 0 Å². The van der Waals surface area contributed by atoms with Gasteiger partial charge in [-0.2, -0.15) is 13.5 Å². The summed E-state index contributed by atoms with van der Waals surface area (Å²) in [4.78, 5) is 22.4. The summed E-state index contributed by atoms with van der Waals surface area (Å²) in [7, 11) is -2.94. The fraction of sp³-hybridized carbons (Fsp3) is 0.0909. The Bertz CT molecular complexity index is 1390. The van der Waals surface area contributed by atoms with Crippen LogP contribution in [-0.2, 0) is 10.1 Å². The molecule has 1 N–H and O–H groups in total. The lowest BCUT2D eigenvalue weighted by atomic mass is 10.1. The van der Waals surface area contributed by atoms with Crippen LogP contribution in [0.1, 0.15) is 21.5 Å². The first-order valence-electron chi connectivity index (χ1n) is 9.57. The van der Waals surface area contributed by atoms with Crippen LogP contribution < -0.4 is 14.3 Å². The number of nitro groups is 1. The maximum atomic E-state index is 12.7. The fourth-order valence-corrected chi connectivity index (χ4v) is 4.20. The minimum Gasteiger partial charge on any atom is -0.496 e. The molecule has 3 aromatic rings. The van der Waals surface area contributed by atoms with Gasteiger partial charge in [0.2, 0.25) is 0 Å². The van der Waals surface area contributed by atoms with Crippen molar-refractivity contribution >= 4 is 43.9 Å². The number of hydrazone groups is 1. The molecular weight excluding hydrogens is 530 g/mol. The first kappa shape index (κ1) is 24.9. The Morgan fingerprint density at radius 2 is 1.88 bits per heavy atom. The Morgan fingerprint density at radius 1 is 1.12 bits per heavy atom. The van der Waals surface area contributed by atoms with Crippen LogP contribution >= 0.6 is 15.9 Å². The molecule has 0 saturated heterocycles. The van der Waals surface area contributed by atoms with Gasteiger partial charge in [0, 0.05) is 22.2 Å². The standard InChI is InChI=1S/C22H18BrN3O7S/c1-14-6-8-19(21(10-14)32-2)22(27)25-24-13-15-11-16(23)7-9-20(15)33-34(30,31)18-5-3-4-17(12-18)26(28)29/h3-13H,1-2H3,(H,25,27)/b24-13-. The van der Waals surface area contributed by atoms with Gasteiger partial charge in [-0.25, -0.2) is 5.43 Å². The monoisotopic (exact) mass is 547 g/mol. The van der Waals surface area contributed by atoms with Crippen LogP contribution in [0.25, 0.3) is 0 Å². The van der Waals surface area contributed by atoms with Crippen LogP contribution in [-0.4, -0.2) is 32.6 Å². The number of aryl methyl sites for hydroxylation is 1. The SMILES string of the molecule is COc1cc(C)ccc1C(=O)N/N=C\c1cc(Br)ccc1OS(=O)(=O)c1cccc([N+](=O)[O-])c1. The van der Waals surface area contributed by atoms with E-state index in [2.05, 4.69) is 26.5 Å². The molecule has 34 heavy (non-hydrogen) atoms. The average Bonchev–Trinajstić information content (AvgIpc) is 2.80. The van der Waals surface area contributed by atoms with Gasteiger partial charge in [0.25, 0.3) is 11.6 Å². The third-order valence-electron chi connectivity index (χ3n) is 4.46. The van der Waals surface area contributed by atoms with Crippen LogP contribution in [0.15, 0.2) is 75.1 Å². The number of carbonyl (C=O) groups excluding carboxylic acids is 1. The van der Waals surface area contributed by atoms with E-state index in [4.69, 9.17) is 8.92 Å². The predicted octanol–water partition coefficient (Wildman–Crippen LogP) is 4.21. The third-order valence-corrected chi connectivity index (χ3v) is 6.18. The first-order chi connectivity index (χ1) is 16.1. The maximum absolute atomic E-state index is 12.7. The third kappa shape index (κ3) is 5.97. The van der Waals surface area contributed by atoms with Gasteiger partial charge in [0.15, 0.2) is 5.75 Å². The van der Waals surface area contributed by atoms with Crippen molar-refractivity contribution in [3.63, 3.8) is 0 Å². The molecular formula is C22H18BrN3O7S. The molecule has 0 aliphatic heterocycles. The number of nitrogens with one attached hydrogen (secondary N) is 1. The fourth-order valence-electron chi connectivity index (χ4n) is 2.82. The molecule has 0 unspecified atom stereocenters. The second-order valence-electron chi connectivity index (χ2n) is 6.88. The smallest absolute Gasteiger partial charge is 0.339 e. The summed E-state index contributed by atoms with van der Waals surface area (Å²) < 4.78 is 36.4. The van der Waals surface area contributed by atoms with E-state index >= 15 is 0 Å². The van der Waals surface area contributed by atoms with E-state index in [1.165, 1.54) is 43.7 Å². The highest BCUT2D eigenvalue weighted by atomic mass is 79.9. The number of hydrogen-bond donors (Lipinski definition) is 1. The highest BCUT2D eigenvalue weighted by molar-refractivity contribution is 9.10. The molecule has 12 heteroatoms. The molecule has 1 amide bonds. The molecule has 0 aliphatic carbocycles. The number of carbonyl (C=O) groups is 1. The topological polar surface area (TPSA) is 137 Å². The normalized spacial score (nSPS) is 11.3. The van der Waals surface area contributed by atoms with Gasteiger partial charge >= 0.3 is 10.1 Å². The zero-order valence-corrected chi connectivity index (χ0v) is 20.3. The second-order valence-corrected chi connectivity index (χ2v) is 9.34. The van der Waals surface area contributed by atoms with Gasteiger partial charge in [-0.05, 0) is 48.9 Å². The number of halogens is 1. The molecule has 0 atom stereocenters. The van der Waals surface area contributed by atoms with Crippen LogP contribution in [0.2, 0.25) is 0 Å². The summed E-state index contributed by atoms with van der Waals surface area (Å²) >= 11 is 3.28. The van der Waals surface area contributed by atoms with E-state index in [0.717, 1.165) is 11.6 Å². The minimum atomic E-state index is -4.39. The summed E-state index contributed by atoms with van der Waals surface area (Å²) in [5.41, 5.74) is 3.37. The lowest BCUT2D eigenvalue weighted by Gasteiger charge is -2.10. The van der Waals surface area contributed by atoms with Crippen molar-refractivity contribution in [1.82, 2.24) is 5.43 Å². The average molecular weight is 548 g/mol. The maximum Gasteiger partial charge on any atom is 0.339 e. The number of amides is 1. The van der Waals surface area contributed by atoms with E-state index in [-0.39, 0.29) is 21.8 Å². The number of non-ortho nitro benzene ring substituents is 1. The molecule has 3 aromatic carbocycles. The first-order valence-corrected chi connectivity index (χ1v) is 11.8. The van der Waals surface area contributed by atoms with E-state index in [1.807, 2.05) is 6.92 Å². The van der Waals surface area contributed by atoms with Crippen LogP contribution in [0, 0.1) is 17.0 Å². The van der Waals surface area contributed by atoms with Crippen molar-refractivity contribution in [2.24, 2.45) is 5.10 Å². The summed E-state index contributed by atoms with van der Waals surface area (Å²) in [6, 6.07) is 14.0. The Balaban J connectivity index is 1.84. The number of benzene rings is 3. The Kier molecular flexibility index (Phi) is 7.64. The highest BCUT2D eigenvalue weighted by Crippen LogP contribution is 2.27. The van der Waals surface area contributed by atoms with Crippen LogP contribution in [0.5, 0.6) is 11.5 Å².